The molecule has 3 rings (SSSR count). The molecule has 0 unspecified atom stereocenters. The number of anilines is 1. The molecule has 0 aliphatic carbocycles. The Morgan fingerprint density at radius 3 is 2.46 bits per heavy atom. The van der Waals surface area contributed by atoms with E-state index in [1.54, 1.807) is 37.3 Å². The highest BCUT2D eigenvalue weighted by molar-refractivity contribution is 6.30. The van der Waals surface area contributed by atoms with Gasteiger partial charge in [0.15, 0.2) is 0 Å². The number of nitrogens with zero attached hydrogens (tertiary/aromatic N) is 2. The number of benzene rings is 2. The normalized spacial score (nSPS) is 15.3. The minimum Gasteiger partial charge on any atom is -0.465 e. The highest BCUT2D eigenvalue weighted by Gasteiger charge is 2.38. The van der Waals surface area contributed by atoms with E-state index in [1.807, 2.05) is 0 Å². The molecule has 8 heteroatoms. The average Bonchev–Trinajstić information content (AvgIpc) is 2.91. The smallest absolute Gasteiger partial charge is 0.340 e. The van der Waals surface area contributed by atoms with Crippen molar-refractivity contribution in [1.29, 1.82) is 0 Å². The van der Waals surface area contributed by atoms with Crippen LogP contribution in [0.4, 0.5) is 11.4 Å². The Hall–Kier alpha value is -3.45. The Balaban J connectivity index is 2.11. The molecule has 142 valence electrons. The number of amides is 1. The van der Waals surface area contributed by atoms with Gasteiger partial charge in [-0.25, -0.2) is 4.79 Å². The Labute approximate surface area is 165 Å². The molecule has 7 nitrogen and oxygen atoms in total. The number of hydrogen-bond donors (Lipinski definition) is 0. The number of nitro benzene ring substituents is 1. The van der Waals surface area contributed by atoms with Crippen LogP contribution in [0.25, 0.3) is 6.08 Å². The number of hydrogen-bond acceptors (Lipinski definition) is 5. The third-order valence-corrected chi connectivity index (χ3v) is 4.50. The van der Waals surface area contributed by atoms with Crippen LogP contribution in [0.3, 0.4) is 0 Å². The highest BCUT2D eigenvalue weighted by Crippen LogP contribution is 2.36. The molecule has 0 bridgehead atoms. The number of carbonyl (C=O) groups excluding carboxylic acids is 2. The second kappa shape index (κ2) is 7.66. The second-order valence-corrected chi connectivity index (χ2v) is 6.42. The molecule has 0 fully saturated rings. The van der Waals surface area contributed by atoms with E-state index in [4.69, 9.17) is 16.3 Å². The van der Waals surface area contributed by atoms with E-state index in [-0.39, 0.29) is 16.8 Å². The topological polar surface area (TPSA) is 89.8 Å². The van der Waals surface area contributed by atoms with E-state index >= 15 is 0 Å². The standard InChI is InChI=1S/C20H15ClN2O5/c1-12-18(20(25)28-2)17(11-13-4-3-5-14(21)10-13)19(24)22(12)15-6-8-16(9-7-15)23(26)27/h3-11H,1-2H3/b17-11-. The fourth-order valence-electron chi connectivity index (χ4n) is 2.98. The monoisotopic (exact) mass is 398 g/mol. The maximum atomic E-state index is 13.1. The summed E-state index contributed by atoms with van der Waals surface area (Å²) < 4.78 is 4.85. The minimum absolute atomic E-state index is 0.0973. The van der Waals surface area contributed by atoms with E-state index in [0.717, 1.165) is 0 Å². The van der Waals surface area contributed by atoms with Crippen LogP contribution in [0, 0.1) is 10.1 Å². The molecule has 0 atom stereocenters. The van der Waals surface area contributed by atoms with Gasteiger partial charge in [0.05, 0.1) is 23.2 Å². The van der Waals surface area contributed by atoms with Gasteiger partial charge in [0.1, 0.15) is 0 Å². The highest BCUT2D eigenvalue weighted by atomic mass is 35.5. The number of esters is 1. The first kappa shape index (κ1) is 19.3. The van der Waals surface area contributed by atoms with Gasteiger partial charge in [-0.2, -0.15) is 0 Å². The third-order valence-electron chi connectivity index (χ3n) is 4.27. The van der Waals surface area contributed by atoms with Crippen LogP contribution in [0.15, 0.2) is 65.4 Å². The molecule has 0 spiro atoms. The number of carbonyl (C=O) groups is 2. The lowest BCUT2D eigenvalue weighted by molar-refractivity contribution is -0.384. The van der Waals surface area contributed by atoms with Crippen LogP contribution in [-0.4, -0.2) is 23.9 Å². The van der Waals surface area contributed by atoms with E-state index in [1.165, 1.54) is 36.3 Å². The molecule has 1 heterocycles. The van der Waals surface area contributed by atoms with Crippen molar-refractivity contribution in [2.24, 2.45) is 0 Å². The number of allylic oxidation sites excluding steroid dienone is 1. The van der Waals surface area contributed by atoms with E-state index in [0.29, 0.717) is 22.0 Å². The van der Waals surface area contributed by atoms with Crippen molar-refractivity contribution in [2.45, 2.75) is 6.92 Å². The molecule has 1 aliphatic rings. The van der Waals surface area contributed by atoms with Crippen LogP contribution in [0.2, 0.25) is 5.02 Å². The number of halogens is 1. The molecular weight excluding hydrogens is 384 g/mol. The van der Waals surface area contributed by atoms with Crippen molar-refractivity contribution < 1.29 is 19.2 Å². The summed E-state index contributed by atoms with van der Waals surface area (Å²) in [6.07, 6.45) is 1.56. The van der Waals surface area contributed by atoms with Crippen LogP contribution in [0.1, 0.15) is 12.5 Å². The van der Waals surface area contributed by atoms with Crippen molar-refractivity contribution in [3.05, 3.63) is 86.1 Å². The van der Waals surface area contributed by atoms with Crippen LogP contribution in [-0.2, 0) is 14.3 Å². The lowest BCUT2D eigenvalue weighted by Gasteiger charge is -2.17. The Morgan fingerprint density at radius 1 is 1.21 bits per heavy atom. The van der Waals surface area contributed by atoms with Crippen molar-refractivity contribution in [1.82, 2.24) is 0 Å². The summed E-state index contributed by atoms with van der Waals surface area (Å²) in [4.78, 5) is 37.1. The zero-order chi connectivity index (χ0) is 20.4. The lowest BCUT2D eigenvalue weighted by Crippen LogP contribution is -2.24. The van der Waals surface area contributed by atoms with Crippen molar-refractivity contribution in [3.63, 3.8) is 0 Å². The third kappa shape index (κ3) is 3.52. The van der Waals surface area contributed by atoms with E-state index < -0.39 is 16.8 Å². The SMILES string of the molecule is COC(=O)C1=C(C)N(c2ccc([N+](=O)[O-])cc2)C(=O)/C1=C\c1cccc(Cl)c1. The molecule has 0 N–H and O–H groups in total. The maximum Gasteiger partial charge on any atom is 0.340 e. The summed E-state index contributed by atoms with van der Waals surface area (Å²) in [5.74, 6) is -1.09. The molecule has 2 aromatic carbocycles. The van der Waals surface area contributed by atoms with Gasteiger partial charge >= 0.3 is 5.97 Å². The van der Waals surface area contributed by atoms with Crippen molar-refractivity contribution in [2.75, 3.05) is 12.0 Å². The fraction of sp³-hybridized carbons (Fsp3) is 0.100. The Kier molecular flexibility index (Phi) is 5.28. The molecule has 2 aromatic rings. The molecule has 1 amide bonds. The van der Waals surface area contributed by atoms with Crippen molar-refractivity contribution >= 4 is 40.9 Å². The minimum atomic E-state index is -0.650. The summed E-state index contributed by atoms with van der Waals surface area (Å²) in [6.45, 7) is 1.62. The molecule has 0 saturated heterocycles. The number of nitro groups is 1. The first-order chi connectivity index (χ1) is 13.3. The summed E-state index contributed by atoms with van der Waals surface area (Å²) in [5.41, 5.74) is 1.62. The number of rotatable bonds is 4. The van der Waals surface area contributed by atoms with E-state index in [9.17, 15) is 19.7 Å². The number of ether oxygens (including phenoxy) is 1. The quantitative estimate of drug-likeness (QED) is 0.334. The Bertz CT molecular complexity index is 1040. The largest absolute Gasteiger partial charge is 0.465 e. The van der Waals surface area contributed by atoms with Gasteiger partial charge < -0.3 is 4.74 Å². The average molecular weight is 399 g/mol. The van der Waals surface area contributed by atoms with Gasteiger partial charge in [-0.05, 0) is 42.8 Å². The molecule has 0 saturated carbocycles. The number of non-ortho nitro benzene ring substituents is 1. The second-order valence-electron chi connectivity index (χ2n) is 5.98. The van der Waals surface area contributed by atoms with E-state index in [2.05, 4.69) is 0 Å². The predicted octanol–water partition coefficient (Wildman–Crippen LogP) is 4.13. The molecule has 1 aliphatic heterocycles. The van der Waals surface area contributed by atoms with Gasteiger partial charge in [-0.15, -0.1) is 0 Å². The first-order valence-electron chi connectivity index (χ1n) is 8.19. The van der Waals surface area contributed by atoms with Gasteiger partial charge in [-0.3, -0.25) is 19.8 Å². The molecule has 0 aromatic heterocycles. The summed E-state index contributed by atoms with van der Waals surface area (Å²) >= 11 is 6.00. The van der Waals surface area contributed by atoms with Gasteiger partial charge in [0.2, 0.25) is 0 Å². The lowest BCUT2D eigenvalue weighted by atomic mass is 10.0. The summed E-state index contributed by atoms with van der Waals surface area (Å²) in [7, 11) is 1.23. The van der Waals surface area contributed by atoms with Gasteiger partial charge in [-0.1, -0.05) is 23.7 Å². The van der Waals surface area contributed by atoms with Crippen LogP contribution < -0.4 is 4.90 Å². The molecule has 0 radical (unpaired) electrons. The van der Waals surface area contributed by atoms with Gasteiger partial charge in [0, 0.05) is 28.5 Å². The van der Waals surface area contributed by atoms with Crippen LogP contribution in [0.5, 0.6) is 0 Å². The Morgan fingerprint density at radius 2 is 1.89 bits per heavy atom. The fourth-order valence-corrected chi connectivity index (χ4v) is 3.18. The maximum absolute atomic E-state index is 13.1. The van der Waals surface area contributed by atoms with Gasteiger partial charge in [0.25, 0.3) is 11.6 Å². The van der Waals surface area contributed by atoms with Crippen molar-refractivity contribution in [3.8, 4) is 0 Å². The van der Waals surface area contributed by atoms with Crippen LogP contribution >= 0.6 is 11.6 Å². The summed E-state index contributed by atoms with van der Waals surface area (Å²) in [6, 6.07) is 12.4. The molecular formula is C20H15ClN2O5. The molecule has 28 heavy (non-hydrogen) atoms. The predicted molar refractivity (Wildman–Crippen MR) is 105 cm³/mol. The first-order valence-corrected chi connectivity index (χ1v) is 8.57. The summed E-state index contributed by atoms with van der Waals surface area (Å²) in [5, 5.41) is 11.4. The number of methoxy groups -OCH3 is 1. The zero-order valence-corrected chi connectivity index (χ0v) is 15.8. The zero-order valence-electron chi connectivity index (χ0n) is 15.0.